The molecule has 0 unspecified atom stereocenters. The van der Waals surface area contributed by atoms with Crippen LogP contribution in [0.3, 0.4) is 0 Å². The van der Waals surface area contributed by atoms with Crippen LogP contribution in [0.4, 0.5) is 10.5 Å². The van der Waals surface area contributed by atoms with E-state index in [9.17, 15) is 14.4 Å². The fourth-order valence-electron chi connectivity index (χ4n) is 3.61. The number of amides is 4. The highest BCUT2D eigenvalue weighted by Gasteiger charge is 2.37. The molecule has 0 saturated carbocycles. The van der Waals surface area contributed by atoms with Crippen LogP contribution in [0.15, 0.2) is 60.2 Å². The number of halogens is 3. The van der Waals surface area contributed by atoms with E-state index in [2.05, 4.69) is 27.9 Å². The minimum atomic E-state index is -0.843. The van der Waals surface area contributed by atoms with Crippen molar-refractivity contribution >= 4 is 75.4 Å². The fourth-order valence-corrected chi connectivity index (χ4v) is 4.77. The van der Waals surface area contributed by atoms with Crippen LogP contribution < -0.4 is 19.7 Å². The summed E-state index contributed by atoms with van der Waals surface area (Å²) in [6.45, 7) is 2.01. The van der Waals surface area contributed by atoms with Gasteiger partial charge in [0.25, 0.3) is 11.8 Å². The smallest absolute Gasteiger partial charge is 0.335 e. The number of urea groups is 1. The maximum absolute atomic E-state index is 13.3. The minimum absolute atomic E-state index is 0.209. The molecule has 0 spiro atoms. The van der Waals surface area contributed by atoms with Crippen molar-refractivity contribution in [3.05, 3.63) is 90.5 Å². The van der Waals surface area contributed by atoms with Crippen molar-refractivity contribution in [1.82, 2.24) is 5.32 Å². The average Bonchev–Trinajstić information content (AvgIpc) is 2.83. The monoisotopic (exact) mass is 636 g/mol. The van der Waals surface area contributed by atoms with Crippen LogP contribution in [0, 0.1) is 10.5 Å². The summed E-state index contributed by atoms with van der Waals surface area (Å²) in [5.74, 6) is -0.635. The van der Waals surface area contributed by atoms with Crippen molar-refractivity contribution in [2.75, 3.05) is 12.0 Å². The molecule has 1 saturated heterocycles. The second-order valence-electron chi connectivity index (χ2n) is 7.84. The van der Waals surface area contributed by atoms with Gasteiger partial charge in [-0.1, -0.05) is 41.4 Å². The summed E-state index contributed by atoms with van der Waals surface area (Å²) in [6, 6.07) is 14.7. The highest BCUT2D eigenvalue weighted by Crippen LogP contribution is 2.36. The molecule has 0 aromatic heterocycles. The van der Waals surface area contributed by atoms with E-state index in [1.165, 1.54) is 19.3 Å². The van der Waals surface area contributed by atoms with Crippen LogP contribution >= 0.6 is 45.8 Å². The van der Waals surface area contributed by atoms with E-state index in [1.54, 1.807) is 37.3 Å². The molecule has 1 heterocycles. The molecule has 3 aromatic rings. The van der Waals surface area contributed by atoms with Crippen molar-refractivity contribution in [2.45, 2.75) is 13.5 Å². The van der Waals surface area contributed by atoms with E-state index >= 15 is 0 Å². The summed E-state index contributed by atoms with van der Waals surface area (Å²) in [7, 11) is 1.50. The highest BCUT2D eigenvalue weighted by atomic mass is 127. The van der Waals surface area contributed by atoms with Crippen molar-refractivity contribution in [1.29, 1.82) is 0 Å². The zero-order valence-electron chi connectivity index (χ0n) is 19.1. The summed E-state index contributed by atoms with van der Waals surface area (Å²) in [6.07, 6.45) is 1.41. The number of nitrogens with one attached hydrogen (secondary N) is 1. The summed E-state index contributed by atoms with van der Waals surface area (Å²) in [5.41, 5.74) is 2.13. The number of anilines is 1. The molecule has 4 amide bonds. The average molecular weight is 637 g/mol. The van der Waals surface area contributed by atoms with Crippen molar-refractivity contribution in [2.24, 2.45) is 0 Å². The first kappa shape index (κ1) is 26.0. The summed E-state index contributed by atoms with van der Waals surface area (Å²) < 4.78 is 12.2. The Morgan fingerprint density at radius 1 is 1.03 bits per heavy atom. The molecule has 7 nitrogen and oxygen atoms in total. The number of hydrogen-bond donors (Lipinski definition) is 1. The Hall–Kier alpha value is -3.08. The van der Waals surface area contributed by atoms with E-state index in [0.717, 1.165) is 10.5 Å². The Morgan fingerprint density at radius 2 is 1.78 bits per heavy atom. The molecule has 3 aromatic carbocycles. The van der Waals surface area contributed by atoms with Crippen LogP contribution in [0.1, 0.15) is 16.7 Å². The number of nitrogens with zero attached hydrogens (tertiary/aromatic N) is 1. The fraction of sp³-hybridized carbons (Fsp3) is 0.115. The Kier molecular flexibility index (Phi) is 7.87. The molecule has 1 fully saturated rings. The van der Waals surface area contributed by atoms with Crippen LogP contribution in [0.2, 0.25) is 10.0 Å². The van der Waals surface area contributed by atoms with Gasteiger partial charge >= 0.3 is 6.03 Å². The Morgan fingerprint density at radius 3 is 2.50 bits per heavy atom. The number of carbonyl (C=O) groups is 3. The molecule has 10 heteroatoms. The Balaban J connectivity index is 1.66. The molecule has 184 valence electrons. The molecular weight excluding hydrogens is 618 g/mol. The lowest BCUT2D eigenvalue weighted by molar-refractivity contribution is -0.122. The first-order chi connectivity index (χ1) is 17.2. The van der Waals surface area contributed by atoms with Gasteiger partial charge in [-0.15, -0.1) is 0 Å². The normalized spacial score (nSPS) is 14.8. The number of hydrogen-bond acceptors (Lipinski definition) is 5. The summed E-state index contributed by atoms with van der Waals surface area (Å²) >= 11 is 14.2. The van der Waals surface area contributed by atoms with Gasteiger partial charge in [0.15, 0.2) is 11.5 Å². The van der Waals surface area contributed by atoms with Gasteiger partial charge in [-0.25, -0.2) is 9.69 Å². The van der Waals surface area contributed by atoms with Crippen molar-refractivity contribution < 1.29 is 23.9 Å². The molecule has 0 radical (unpaired) electrons. The van der Waals surface area contributed by atoms with Gasteiger partial charge in [-0.05, 0) is 88.7 Å². The zero-order chi connectivity index (χ0) is 26.0. The van der Waals surface area contributed by atoms with Crippen LogP contribution in [-0.2, 0) is 16.2 Å². The minimum Gasteiger partial charge on any atom is -0.493 e. The predicted octanol–water partition coefficient (Wildman–Crippen LogP) is 6.16. The van der Waals surface area contributed by atoms with Crippen LogP contribution in [0.5, 0.6) is 11.5 Å². The summed E-state index contributed by atoms with van der Waals surface area (Å²) in [4.78, 5) is 39.3. The molecule has 36 heavy (non-hydrogen) atoms. The summed E-state index contributed by atoms with van der Waals surface area (Å²) in [5, 5.41) is 3.18. The lowest BCUT2D eigenvalue weighted by Gasteiger charge is -2.27. The predicted molar refractivity (Wildman–Crippen MR) is 147 cm³/mol. The molecule has 1 aliphatic rings. The molecular formula is C26H19Cl2IN2O5. The number of carbonyl (C=O) groups excluding carboxylic acids is 3. The molecule has 1 aliphatic heterocycles. The van der Waals surface area contributed by atoms with E-state index in [4.69, 9.17) is 32.7 Å². The number of barbiturate groups is 1. The van der Waals surface area contributed by atoms with Gasteiger partial charge in [0.05, 0.1) is 16.4 Å². The largest absolute Gasteiger partial charge is 0.493 e. The molecule has 4 rings (SSSR count). The third-order valence-electron chi connectivity index (χ3n) is 5.35. The van der Waals surface area contributed by atoms with Gasteiger partial charge in [-0.2, -0.15) is 0 Å². The second kappa shape index (κ2) is 10.9. The Bertz CT molecular complexity index is 1420. The first-order valence-corrected chi connectivity index (χ1v) is 12.4. The number of aryl methyl sites for hydroxylation is 1. The quantitative estimate of drug-likeness (QED) is 0.199. The third-order valence-corrected chi connectivity index (χ3v) is 6.62. The van der Waals surface area contributed by atoms with Gasteiger partial charge in [0.2, 0.25) is 0 Å². The van der Waals surface area contributed by atoms with E-state index in [1.807, 2.05) is 18.2 Å². The van der Waals surface area contributed by atoms with Gasteiger partial charge in [0.1, 0.15) is 12.2 Å². The number of ether oxygens (including phenoxy) is 2. The number of rotatable bonds is 6. The van der Waals surface area contributed by atoms with Crippen LogP contribution in [0.25, 0.3) is 6.08 Å². The standard InChI is InChI=1S/C26H19Cl2IN2O5/c1-14-6-7-18(28)12-21(14)31-25(33)19(24(32)30-26(31)34)9-16-10-20(29)23(22(11-16)35-2)36-13-15-4-3-5-17(27)8-15/h3-12H,13H2,1-2H3,(H,30,32,34)/b19-9+. The second-order valence-corrected chi connectivity index (χ2v) is 9.88. The topological polar surface area (TPSA) is 84.9 Å². The number of methoxy groups -OCH3 is 1. The number of imide groups is 2. The van der Waals surface area contributed by atoms with E-state index in [-0.39, 0.29) is 12.2 Å². The van der Waals surface area contributed by atoms with E-state index in [0.29, 0.717) is 41.9 Å². The maximum atomic E-state index is 13.3. The lowest BCUT2D eigenvalue weighted by Crippen LogP contribution is -2.54. The third kappa shape index (κ3) is 5.50. The van der Waals surface area contributed by atoms with Crippen molar-refractivity contribution in [3.8, 4) is 11.5 Å². The lowest BCUT2D eigenvalue weighted by atomic mass is 10.1. The van der Waals surface area contributed by atoms with E-state index < -0.39 is 17.8 Å². The molecule has 0 bridgehead atoms. The van der Waals surface area contributed by atoms with Gasteiger partial charge in [-0.3, -0.25) is 14.9 Å². The zero-order valence-corrected chi connectivity index (χ0v) is 22.8. The SMILES string of the molecule is COc1cc(/C=C2\C(=O)NC(=O)N(c3cc(Cl)ccc3C)C2=O)cc(I)c1OCc1cccc(Cl)c1. The molecule has 1 N–H and O–H groups in total. The number of benzene rings is 3. The van der Waals surface area contributed by atoms with Gasteiger partial charge in [0, 0.05) is 10.0 Å². The Labute approximate surface area is 231 Å². The first-order valence-electron chi connectivity index (χ1n) is 10.6. The van der Waals surface area contributed by atoms with Gasteiger partial charge < -0.3 is 9.47 Å². The van der Waals surface area contributed by atoms with Crippen LogP contribution in [-0.4, -0.2) is 25.0 Å². The van der Waals surface area contributed by atoms with Crippen molar-refractivity contribution in [3.63, 3.8) is 0 Å². The molecule has 0 aliphatic carbocycles. The highest BCUT2D eigenvalue weighted by molar-refractivity contribution is 14.1. The molecule has 0 atom stereocenters. The maximum Gasteiger partial charge on any atom is 0.335 e.